The van der Waals surface area contributed by atoms with E-state index >= 15 is 0 Å². The van der Waals surface area contributed by atoms with E-state index in [2.05, 4.69) is 5.32 Å². The number of morpholine rings is 1. The minimum Gasteiger partial charge on any atom is -0.371 e. The Labute approximate surface area is 112 Å². The molecular weight excluding hydrogens is 247 g/mol. The highest BCUT2D eigenvalue weighted by Gasteiger charge is 2.23. The average Bonchev–Trinajstić information content (AvgIpc) is 2.39. The molecule has 1 aliphatic heterocycles. The third-order valence-corrected chi connectivity index (χ3v) is 3.11. The van der Waals surface area contributed by atoms with Crippen LogP contribution in [0.1, 0.15) is 18.6 Å². The number of hydrogen-bond acceptors (Lipinski definition) is 3. The van der Waals surface area contributed by atoms with Crippen LogP contribution in [0.4, 0.5) is 4.39 Å². The molecule has 1 atom stereocenters. The summed E-state index contributed by atoms with van der Waals surface area (Å²) in [7, 11) is 0. The second-order valence-electron chi connectivity index (χ2n) is 4.60. The van der Waals surface area contributed by atoms with Crippen molar-refractivity contribution in [2.45, 2.75) is 13.0 Å². The van der Waals surface area contributed by atoms with Crippen molar-refractivity contribution in [1.82, 2.24) is 10.2 Å². The summed E-state index contributed by atoms with van der Waals surface area (Å²) >= 11 is 0. The summed E-state index contributed by atoms with van der Waals surface area (Å²) in [6, 6.07) is 6.43. The predicted molar refractivity (Wildman–Crippen MR) is 70.2 cm³/mol. The van der Waals surface area contributed by atoms with Crippen molar-refractivity contribution in [3.05, 3.63) is 35.6 Å². The highest BCUT2D eigenvalue weighted by molar-refractivity contribution is 5.77. The molecule has 0 radical (unpaired) electrons. The number of nitrogens with one attached hydrogen (secondary N) is 1. The van der Waals surface area contributed by atoms with E-state index in [1.54, 1.807) is 6.07 Å². The van der Waals surface area contributed by atoms with Gasteiger partial charge in [-0.2, -0.15) is 0 Å². The number of likely N-dealkylation sites (N-methyl/N-ethyl adjacent to an activating group) is 1. The molecule has 1 amide bonds. The second-order valence-corrected chi connectivity index (χ2v) is 4.60. The molecule has 1 aliphatic rings. The van der Waals surface area contributed by atoms with Gasteiger partial charge in [-0.1, -0.05) is 12.1 Å². The molecule has 0 spiro atoms. The third kappa shape index (κ3) is 4.01. The smallest absolute Gasteiger partial charge is 0.234 e. The quantitative estimate of drug-likeness (QED) is 0.894. The lowest BCUT2D eigenvalue weighted by atomic mass is 10.1. The van der Waals surface area contributed by atoms with Crippen molar-refractivity contribution < 1.29 is 13.9 Å². The van der Waals surface area contributed by atoms with E-state index in [9.17, 15) is 9.18 Å². The highest BCUT2D eigenvalue weighted by atomic mass is 19.1. The first kappa shape index (κ1) is 14.0. The van der Waals surface area contributed by atoms with Gasteiger partial charge in [0.25, 0.3) is 0 Å². The molecule has 2 rings (SSSR count). The molecule has 4 nitrogen and oxygen atoms in total. The van der Waals surface area contributed by atoms with Gasteiger partial charge in [-0.3, -0.25) is 9.69 Å². The van der Waals surface area contributed by atoms with Crippen molar-refractivity contribution in [2.75, 3.05) is 32.8 Å². The summed E-state index contributed by atoms with van der Waals surface area (Å²) < 4.78 is 18.8. The number of benzene rings is 1. The number of carbonyl (C=O) groups excluding carboxylic acids is 1. The Morgan fingerprint density at radius 3 is 3.16 bits per heavy atom. The van der Waals surface area contributed by atoms with E-state index in [-0.39, 0.29) is 17.8 Å². The Bertz CT molecular complexity index is 439. The van der Waals surface area contributed by atoms with Crippen molar-refractivity contribution in [2.24, 2.45) is 0 Å². The van der Waals surface area contributed by atoms with E-state index < -0.39 is 0 Å². The summed E-state index contributed by atoms with van der Waals surface area (Å²) in [5.41, 5.74) is 0.820. The van der Waals surface area contributed by atoms with Gasteiger partial charge in [0.1, 0.15) is 5.82 Å². The standard InChI is InChI=1S/C14H19FN2O2/c1-2-16-14(18)10-17-6-7-19-13(9-17)11-4-3-5-12(15)8-11/h3-5,8,13H,2,6-7,9-10H2,1H3,(H,16,18). The first-order chi connectivity index (χ1) is 9.19. The summed E-state index contributed by atoms with van der Waals surface area (Å²) in [5.74, 6) is -0.246. The molecule has 5 heteroatoms. The van der Waals surface area contributed by atoms with E-state index in [1.807, 2.05) is 17.9 Å². The topological polar surface area (TPSA) is 41.6 Å². The molecule has 1 heterocycles. The molecule has 1 aromatic carbocycles. The van der Waals surface area contributed by atoms with Crippen LogP contribution in [0, 0.1) is 5.82 Å². The lowest BCUT2D eigenvalue weighted by molar-refractivity contribution is -0.124. The Balaban J connectivity index is 1.95. The SMILES string of the molecule is CCNC(=O)CN1CCOC(c2cccc(F)c2)C1. The molecule has 1 N–H and O–H groups in total. The van der Waals surface area contributed by atoms with E-state index in [0.29, 0.717) is 26.2 Å². The van der Waals surface area contributed by atoms with Gasteiger partial charge in [-0.25, -0.2) is 4.39 Å². The molecule has 0 saturated carbocycles. The maximum absolute atomic E-state index is 13.2. The van der Waals surface area contributed by atoms with Crippen LogP contribution >= 0.6 is 0 Å². The fourth-order valence-corrected chi connectivity index (χ4v) is 2.21. The van der Waals surface area contributed by atoms with Crippen LogP contribution < -0.4 is 5.32 Å². The van der Waals surface area contributed by atoms with Crippen LogP contribution in [-0.4, -0.2) is 43.6 Å². The van der Waals surface area contributed by atoms with Gasteiger partial charge >= 0.3 is 0 Å². The number of carbonyl (C=O) groups is 1. The molecule has 1 fully saturated rings. The van der Waals surface area contributed by atoms with Crippen molar-refractivity contribution in [3.8, 4) is 0 Å². The average molecular weight is 266 g/mol. The second kappa shape index (κ2) is 6.63. The maximum atomic E-state index is 13.2. The van der Waals surface area contributed by atoms with Gasteiger partial charge in [-0.15, -0.1) is 0 Å². The minimum atomic E-state index is -0.262. The van der Waals surface area contributed by atoms with E-state index in [1.165, 1.54) is 12.1 Å². The Morgan fingerprint density at radius 1 is 1.58 bits per heavy atom. The zero-order chi connectivity index (χ0) is 13.7. The Hall–Kier alpha value is -1.46. The minimum absolute atomic E-state index is 0.0161. The maximum Gasteiger partial charge on any atom is 0.234 e. The van der Waals surface area contributed by atoms with Crippen LogP contribution in [0.2, 0.25) is 0 Å². The molecule has 1 unspecified atom stereocenters. The van der Waals surface area contributed by atoms with Crippen LogP contribution in [0.3, 0.4) is 0 Å². The van der Waals surface area contributed by atoms with Gasteiger partial charge in [0, 0.05) is 19.6 Å². The van der Waals surface area contributed by atoms with Crippen molar-refractivity contribution >= 4 is 5.91 Å². The molecule has 0 bridgehead atoms. The predicted octanol–water partition coefficient (Wildman–Crippen LogP) is 1.34. The fraction of sp³-hybridized carbons (Fsp3) is 0.500. The number of hydrogen-bond donors (Lipinski definition) is 1. The number of ether oxygens (including phenoxy) is 1. The molecular formula is C14H19FN2O2. The van der Waals surface area contributed by atoms with Crippen LogP contribution in [0.15, 0.2) is 24.3 Å². The lowest BCUT2D eigenvalue weighted by Crippen LogP contribution is -2.44. The zero-order valence-corrected chi connectivity index (χ0v) is 11.1. The number of amides is 1. The third-order valence-electron chi connectivity index (χ3n) is 3.11. The summed E-state index contributed by atoms with van der Waals surface area (Å²) in [5, 5.41) is 2.78. The van der Waals surface area contributed by atoms with E-state index in [4.69, 9.17) is 4.74 Å². The van der Waals surface area contributed by atoms with Gasteiger partial charge in [0.15, 0.2) is 0 Å². The number of nitrogens with zero attached hydrogens (tertiary/aromatic N) is 1. The normalized spacial score (nSPS) is 20.2. The van der Waals surface area contributed by atoms with Gasteiger partial charge in [0.2, 0.25) is 5.91 Å². The van der Waals surface area contributed by atoms with Crippen molar-refractivity contribution in [1.29, 1.82) is 0 Å². The lowest BCUT2D eigenvalue weighted by Gasteiger charge is -2.32. The summed E-state index contributed by atoms with van der Waals surface area (Å²) in [6.45, 7) is 4.79. The van der Waals surface area contributed by atoms with Crippen LogP contribution in [-0.2, 0) is 9.53 Å². The van der Waals surface area contributed by atoms with Gasteiger partial charge < -0.3 is 10.1 Å². The van der Waals surface area contributed by atoms with Crippen LogP contribution in [0.25, 0.3) is 0 Å². The van der Waals surface area contributed by atoms with Gasteiger partial charge in [0.05, 0.1) is 19.3 Å². The first-order valence-electron chi connectivity index (χ1n) is 6.55. The van der Waals surface area contributed by atoms with Crippen molar-refractivity contribution in [3.63, 3.8) is 0 Å². The van der Waals surface area contributed by atoms with Crippen LogP contribution in [0.5, 0.6) is 0 Å². The molecule has 1 aromatic rings. The molecule has 0 aliphatic carbocycles. The zero-order valence-electron chi connectivity index (χ0n) is 11.1. The number of halogens is 1. The molecule has 19 heavy (non-hydrogen) atoms. The Kier molecular flexibility index (Phi) is 4.87. The summed E-state index contributed by atoms with van der Waals surface area (Å²) in [4.78, 5) is 13.6. The molecule has 0 aromatic heterocycles. The largest absolute Gasteiger partial charge is 0.371 e. The monoisotopic (exact) mass is 266 g/mol. The first-order valence-corrected chi connectivity index (χ1v) is 6.55. The van der Waals surface area contributed by atoms with Gasteiger partial charge in [-0.05, 0) is 24.6 Å². The molecule has 104 valence electrons. The summed E-state index contributed by atoms with van der Waals surface area (Å²) in [6.07, 6.45) is -0.168. The Morgan fingerprint density at radius 2 is 2.42 bits per heavy atom. The highest BCUT2D eigenvalue weighted by Crippen LogP contribution is 2.22. The molecule has 1 saturated heterocycles. The number of rotatable bonds is 4. The van der Waals surface area contributed by atoms with E-state index in [0.717, 1.165) is 12.1 Å². The fourth-order valence-electron chi connectivity index (χ4n) is 2.21.